The van der Waals surface area contributed by atoms with Crippen LogP contribution in [0, 0.1) is 17.2 Å². The van der Waals surface area contributed by atoms with Crippen LogP contribution < -0.4 is 22.1 Å². The molecule has 0 atom stereocenters. The van der Waals surface area contributed by atoms with Gasteiger partial charge in [0.15, 0.2) is 0 Å². The Morgan fingerprint density at radius 3 is 2.25 bits per heavy atom. The van der Waals surface area contributed by atoms with Crippen LogP contribution in [0.4, 0.5) is 29.2 Å². The average molecular weight is 768 g/mol. The molecule has 4 heterocycles. The number of nitrogens with one attached hydrogen (secondary N) is 2. The fourth-order valence-electron chi connectivity index (χ4n) is 6.56. The van der Waals surface area contributed by atoms with Crippen molar-refractivity contribution in [2.75, 3.05) is 64.2 Å². The lowest BCUT2D eigenvalue weighted by Crippen LogP contribution is -2.47. The predicted molar refractivity (Wildman–Crippen MR) is 204 cm³/mol. The van der Waals surface area contributed by atoms with Crippen LogP contribution in [0.3, 0.4) is 0 Å². The molecular formula is C37H57F4N9O2S. The summed E-state index contributed by atoms with van der Waals surface area (Å²) in [5, 5.41) is 24.8. The van der Waals surface area contributed by atoms with E-state index in [1.54, 1.807) is 19.9 Å². The molecule has 0 radical (unpaired) electrons. The summed E-state index contributed by atoms with van der Waals surface area (Å²) in [5.74, 6) is -0.134. The highest BCUT2D eigenvalue weighted by Gasteiger charge is 2.37. The Balaban J connectivity index is 0.000000964. The van der Waals surface area contributed by atoms with Crippen molar-refractivity contribution in [3.05, 3.63) is 47.7 Å². The minimum absolute atomic E-state index is 0.0283. The van der Waals surface area contributed by atoms with Gasteiger partial charge in [-0.1, -0.05) is 0 Å². The Morgan fingerprint density at radius 2 is 1.70 bits per heavy atom. The molecule has 5 rings (SSSR count). The fraction of sp³-hybridized carbons (Fsp3) is 0.649. The van der Waals surface area contributed by atoms with Gasteiger partial charge in [-0.15, -0.1) is 0 Å². The number of nitrogens with zero attached hydrogens (tertiary/aromatic N) is 5. The van der Waals surface area contributed by atoms with Crippen LogP contribution in [0.1, 0.15) is 77.5 Å². The van der Waals surface area contributed by atoms with Gasteiger partial charge in [0.1, 0.15) is 11.4 Å². The first-order valence-corrected chi connectivity index (χ1v) is 19.1. The molecule has 3 fully saturated rings. The van der Waals surface area contributed by atoms with Crippen LogP contribution in [0.25, 0.3) is 5.57 Å². The lowest BCUT2D eigenvalue weighted by molar-refractivity contribution is -0.138. The topological polar surface area (TPSA) is 161 Å². The van der Waals surface area contributed by atoms with Gasteiger partial charge in [0.05, 0.1) is 29.1 Å². The third-order valence-electron chi connectivity index (χ3n) is 9.85. The van der Waals surface area contributed by atoms with Gasteiger partial charge < -0.3 is 37.2 Å². The standard InChI is InChI=1S/C33H46F4N8OS.C4H11NO/c1-31(2,46)22-40-19-24(18-38)29-26(33(35,36)37)20-41-30(43-29)42-28-4-3-25(17-27(28)34)47-45-13-5-23(6-14-45)21-44-15-9-32(10-16-44)7-11-39-12-8-32;1-4(2,6)3-5/h3-4,17-20,23,39,46H,5-16,21-22,38H2,1-2H3,(H,41,42,43);6H,3,5H2,1-2H3/b24-18+,40-19?;. The lowest BCUT2D eigenvalue weighted by Gasteiger charge is -2.45. The van der Waals surface area contributed by atoms with Crippen molar-refractivity contribution in [2.45, 2.75) is 88.5 Å². The molecule has 0 saturated carbocycles. The Kier molecular flexibility index (Phi) is 15.1. The number of likely N-dealkylation sites (tertiary alicyclic amines) is 1. The first-order chi connectivity index (χ1) is 24.9. The number of anilines is 2. The molecule has 0 aliphatic carbocycles. The molecule has 3 aliphatic heterocycles. The SMILES string of the molecule is CC(C)(O)CN.CC(C)(O)CN=C/C(=C\N)c1nc(Nc2ccc(SN3CCC(CN4CCC5(CCNCC5)CC4)CC3)cc2F)ncc1C(F)(F)F. The van der Waals surface area contributed by atoms with Crippen molar-refractivity contribution in [3.63, 3.8) is 0 Å². The summed E-state index contributed by atoms with van der Waals surface area (Å²) in [5.41, 5.74) is 7.68. The third kappa shape index (κ3) is 13.7. The number of aliphatic imine (C=N–C) groups is 1. The normalized spacial score (nSPS) is 19.7. The van der Waals surface area contributed by atoms with E-state index in [4.69, 9.17) is 16.6 Å². The summed E-state index contributed by atoms with van der Waals surface area (Å²) in [7, 11) is 0. The van der Waals surface area contributed by atoms with E-state index in [0.717, 1.165) is 62.9 Å². The number of hydrogen-bond acceptors (Lipinski definition) is 12. The number of aliphatic hydroxyl groups is 2. The van der Waals surface area contributed by atoms with E-state index in [2.05, 4.69) is 34.8 Å². The van der Waals surface area contributed by atoms with Crippen molar-refractivity contribution >= 4 is 35.4 Å². The molecule has 11 nitrogen and oxygen atoms in total. The molecule has 8 N–H and O–H groups in total. The highest BCUT2D eigenvalue weighted by Crippen LogP contribution is 2.40. The molecule has 1 spiro atoms. The van der Waals surface area contributed by atoms with Crippen LogP contribution in [0.15, 0.2) is 40.5 Å². The quantitative estimate of drug-likeness (QED) is 0.0985. The van der Waals surface area contributed by atoms with Gasteiger partial charge in [-0.25, -0.2) is 18.7 Å². The van der Waals surface area contributed by atoms with Crippen LogP contribution in [-0.4, -0.2) is 106 Å². The van der Waals surface area contributed by atoms with E-state index in [0.29, 0.717) is 24.1 Å². The first-order valence-electron chi connectivity index (χ1n) is 18.3. The summed E-state index contributed by atoms with van der Waals surface area (Å²) in [4.78, 5) is 15.2. The number of hydrogen-bond donors (Lipinski definition) is 6. The van der Waals surface area contributed by atoms with E-state index in [-0.39, 0.29) is 23.8 Å². The molecular weight excluding hydrogens is 711 g/mol. The molecule has 1 aromatic carbocycles. The van der Waals surface area contributed by atoms with Gasteiger partial charge in [-0.3, -0.25) is 4.99 Å². The third-order valence-corrected chi connectivity index (χ3v) is 10.9. The van der Waals surface area contributed by atoms with Crippen molar-refractivity contribution in [3.8, 4) is 0 Å². The zero-order valence-corrected chi connectivity index (χ0v) is 32.2. The number of nitrogens with two attached hydrogens (primary N) is 2. The summed E-state index contributed by atoms with van der Waals surface area (Å²) in [6.07, 6.45) is 5.39. The monoisotopic (exact) mass is 767 g/mol. The minimum atomic E-state index is -4.77. The lowest BCUT2D eigenvalue weighted by atomic mass is 9.71. The summed E-state index contributed by atoms with van der Waals surface area (Å²) < 4.78 is 58.8. The maximum atomic E-state index is 15.2. The minimum Gasteiger partial charge on any atom is -0.404 e. The van der Waals surface area contributed by atoms with Gasteiger partial charge >= 0.3 is 6.18 Å². The van der Waals surface area contributed by atoms with Crippen molar-refractivity contribution < 1.29 is 27.8 Å². The largest absolute Gasteiger partial charge is 0.419 e. The molecule has 0 amide bonds. The van der Waals surface area contributed by atoms with Gasteiger partial charge in [0, 0.05) is 55.3 Å². The van der Waals surface area contributed by atoms with E-state index in [1.807, 2.05) is 0 Å². The Hall–Kier alpha value is -2.86. The molecule has 0 bridgehead atoms. The van der Waals surface area contributed by atoms with Crippen molar-refractivity contribution in [2.24, 2.45) is 27.8 Å². The molecule has 0 unspecified atom stereocenters. The molecule has 3 aliphatic rings. The van der Waals surface area contributed by atoms with Crippen LogP contribution in [-0.2, 0) is 6.18 Å². The van der Waals surface area contributed by atoms with Crippen molar-refractivity contribution in [1.29, 1.82) is 0 Å². The average Bonchev–Trinajstić information content (AvgIpc) is 3.09. The number of piperidine rings is 3. The number of rotatable bonds is 11. The zero-order chi connectivity index (χ0) is 38.9. The maximum Gasteiger partial charge on any atom is 0.419 e. The molecule has 16 heteroatoms. The fourth-order valence-corrected chi connectivity index (χ4v) is 7.54. The summed E-state index contributed by atoms with van der Waals surface area (Å²) >= 11 is 1.52. The second kappa shape index (κ2) is 18.7. The van der Waals surface area contributed by atoms with E-state index in [1.165, 1.54) is 76.7 Å². The summed E-state index contributed by atoms with van der Waals surface area (Å²) in [6, 6.07) is 4.70. The zero-order valence-electron chi connectivity index (χ0n) is 31.4. The number of benzene rings is 1. The molecule has 53 heavy (non-hydrogen) atoms. The second-order valence-corrected chi connectivity index (χ2v) is 16.8. The van der Waals surface area contributed by atoms with Crippen molar-refractivity contribution in [1.82, 2.24) is 24.5 Å². The van der Waals surface area contributed by atoms with E-state index >= 15 is 4.39 Å². The van der Waals surface area contributed by atoms with Gasteiger partial charge in [0.2, 0.25) is 5.95 Å². The molecule has 1 aromatic heterocycles. The Bertz CT molecular complexity index is 1520. The van der Waals surface area contributed by atoms with Crippen LogP contribution in [0.5, 0.6) is 0 Å². The second-order valence-electron chi connectivity index (χ2n) is 15.7. The van der Waals surface area contributed by atoms with Gasteiger partial charge in [-0.05, 0) is 134 Å². The highest BCUT2D eigenvalue weighted by molar-refractivity contribution is 7.97. The van der Waals surface area contributed by atoms with Gasteiger partial charge in [-0.2, -0.15) is 13.2 Å². The smallest absolute Gasteiger partial charge is 0.404 e. The Morgan fingerprint density at radius 1 is 1.06 bits per heavy atom. The highest BCUT2D eigenvalue weighted by atomic mass is 32.2. The number of halogens is 4. The summed E-state index contributed by atoms with van der Waals surface area (Å²) in [6.45, 7) is 14.4. The predicted octanol–water partition coefficient (Wildman–Crippen LogP) is 5.42. The number of allylic oxidation sites excluding steroid dienone is 1. The first kappa shape index (κ1) is 42.9. The molecule has 2 aromatic rings. The Labute approximate surface area is 315 Å². The van der Waals surface area contributed by atoms with Crippen LogP contribution >= 0.6 is 11.9 Å². The van der Waals surface area contributed by atoms with Gasteiger partial charge in [0.25, 0.3) is 0 Å². The number of alkyl halides is 3. The number of aromatic nitrogens is 2. The van der Waals surface area contributed by atoms with Crippen LogP contribution in [0.2, 0.25) is 0 Å². The molecule has 3 saturated heterocycles. The van der Waals surface area contributed by atoms with E-state index in [9.17, 15) is 18.3 Å². The van der Waals surface area contributed by atoms with E-state index < -0.39 is 34.5 Å². The maximum absolute atomic E-state index is 15.2. The molecule has 296 valence electrons.